The number of nitro benzene ring substituents is 1. The number of carboxylic acid groups (broad SMARTS) is 1. The molecule has 0 fully saturated rings. The second-order valence-electron chi connectivity index (χ2n) is 5.14. The Morgan fingerprint density at radius 3 is 2.21 bits per heavy atom. The summed E-state index contributed by atoms with van der Waals surface area (Å²) in [6.45, 7) is 0. The Labute approximate surface area is 198 Å². The number of carbonyl (C=O) groups is 1. The van der Waals surface area contributed by atoms with Crippen molar-refractivity contribution >= 4 is 29.5 Å². The van der Waals surface area contributed by atoms with Crippen LogP contribution >= 0.6 is 0 Å². The predicted octanol–water partition coefficient (Wildman–Crippen LogP) is -0.801. The van der Waals surface area contributed by atoms with Crippen LogP contribution in [0.25, 0.3) is 12.2 Å². The summed E-state index contributed by atoms with van der Waals surface area (Å²) in [5.74, 6) is -1.44. The fraction of sp³-hybridized carbons (Fsp3) is 0.118. The Balaban J connectivity index is 0.00000288. The van der Waals surface area contributed by atoms with Crippen LogP contribution in [0.2, 0.25) is 0 Å². The second kappa shape index (κ2) is 9.40. The van der Waals surface area contributed by atoms with Gasteiger partial charge in [0.05, 0.1) is 16.5 Å². The summed E-state index contributed by atoms with van der Waals surface area (Å²) in [4.78, 5) is 23.2. The van der Waals surface area contributed by atoms with E-state index in [4.69, 9.17) is 0 Å². The molecule has 0 saturated heterocycles. The fourth-order valence-electron chi connectivity index (χ4n) is 2.04. The van der Waals surface area contributed by atoms with Crippen molar-refractivity contribution in [3.8, 4) is 0 Å². The van der Waals surface area contributed by atoms with E-state index in [1.165, 1.54) is 12.1 Å². The largest absolute Gasteiger partial charge is 1.00 e. The van der Waals surface area contributed by atoms with Crippen molar-refractivity contribution in [2.45, 2.75) is 0 Å². The van der Waals surface area contributed by atoms with Crippen molar-refractivity contribution in [3.05, 3.63) is 69.3 Å². The van der Waals surface area contributed by atoms with E-state index in [2.05, 4.69) is 0 Å². The van der Waals surface area contributed by atoms with Gasteiger partial charge < -0.3 is 14.8 Å². The third kappa shape index (κ3) is 5.47. The minimum Gasteiger partial charge on any atom is -0.545 e. The molecule has 0 bridgehead atoms. The van der Waals surface area contributed by atoms with Gasteiger partial charge >= 0.3 is 68.9 Å². The quantitative estimate of drug-likeness (QED) is 0.343. The molecule has 0 spiro atoms. The first-order valence-electron chi connectivity index (χ1n) is 6.84. The molecule has 7 heteroatoms. The molecular formula is C17H15CsN2O4. The van der Waals surface area contributed by atoms with Gasteiger partial charge in [0.25, 0.3) is 5.69 Å². The zero-order valence-corrected chi connectivity index (χ0v) is 20.0. The van der Waals surface area contributed by atoms with Gasteiger partial charge in [-0.25, -0.2) is 0 Å². The fourth-order valence-corrected chi connectivity index (χ4v) is 2.04. The number of hydrogen-bond acceptors (Lipinski definition) is 5. The van der Waals surface area contributed by atoms with Crippen LogP contribution in [0.3, 0.4) is 0 Å². The van der Waals surface area contributed by atoms with Crippen LogP contribution < -0.4 is 78.9 Å². The number of aromatic carboxylic acids is 1. The number of hydrogen-bond donors (Lipinski definition) is 0. The average Bonchev–Trinajstić information content (AvgIpc) is 2.52. The first-order chi connectivity index (χ1) is 10.9. The maximum absolute atomic E-state index is 11.1. The van der Waals surface area contributed by atoms with Crippen LogP contribution in [0.1, 0.15) is 21.5 Å². The van der Waals surface area contributed by atoms with E-state index in [1.54, 1.807) is 12.2 Å². The number of benzene rings is 2. The van der Waals surface area contributed by atoms with Crippen molar-refractivity contribution in [1.82, 2.24) is 0 Å². The minimum absolute atomic E-state index is 0. The van der Waals surface area contributed by atoms with Gasteiger partial charge in [0.2, 0.25) is 0 Å². The summed E-state index contributed by atoms with van der Waals surface area (Å²) in [7, 11) is 3.88. The second-order valence-corrected chi connectivity index (χ2v) is 5.14. The molecule has 0 aromatic heterocycles. The van der Waals surface area contributed by atoms with Crippen molar-refractivity contribution in [2.75, 3.05) is 19.0 Å². The molecule has 0 N–H and O–H groups in total. The van der Waals surface area contributed by atoms with Gasteiger partial charge in [-0.05, 0) is 29.8 Å². The van der Waals surface area contributed by atoms with Crippen molar-refractivity contribution < 1.29 is 83.7 Å². The van der Waals surface area contributed by atoms with Crippen molar-refractivity contribution in [1.29, 1.82) is 0 Å². The summed E-state index contributed by atoms with van der Waals surface area (Å²) in [6, 6.07) is 11.4. The van der Waals surface area contributed by atoms with E-state index in [9.17, 15) is 20.0 Å². The summed E-state index contributed by atoms with van der Waals surface area (Å²) in [6.07, 6.45) is 3.32. The van der Waals surface area contributed by atoms with Gasteiger partial charge in [-0.1, -0.05) is 24.3 Å². The van der Waals surface area contributed by atoms with E-state index in [0.29, 0.717) is 5.56 Å². The predicted molar refractivity (Wildman–Crippen MR) is 87.1 cm³/mol. The summed E-state index contributed by atoms with van der Waals surface area (Å²) in [5, 5.41) is 21.9. The van der Waals surface area contributed by atoms with E-state index >= 15 is 0 Å². The molecule has 0 heterocycles. The Hall–Kier alpha value is -1.10. The molecule has 2 aromatic rings. The minimum atomic E-state index is -1.44. The van der Waals surface area contributed by atoms with Crippen LogP contribution in [0, 0.1) is 10.1 Å². The summed E-state index contributed by atoms with van der Waals surface area (Å²) >= 11 is 0. The summed E-state index contributed by atoms with van der Waals surface area (Å²) in [5.41, 5.74) is 1.77. The normalized spacial score (nSPS) is 10.2. The molecule has 6 nitrogen and oxygen atoms in total. The number of carboxylic acids is 1. The maximum Gasteiger partial charge on any atom is 1.00 e. The van der Waals surface area contributed by atoms with Crippen molar-refractivity contribution in [2.24, 2.45) is 0 Å². The number of nitro groups is 1. The third-order valence-corrected chi connectivity index (χ3v) is 3.33. The number of anilines is 1. The molecule has 0 atom stereocenters. The topological polar surface area (TPSA) is 86.5 Å². The number of carbonyl (C=O) groups excluding carboxylic acids is 1. The van der Waals surface area contributed by atoms with Gasteiger partial charge in [0.15, 0.2) is 0 Å². The summed E-state index contributed by atoms with van der Waals surface area (Å²) < 4.78 is 0. The molecule has 0 saturated carbocycles. The molecule has 0 aliphatic carbocycles. The molecule has 0 amide bonds. The third-order valence-electron chi connectivity index (χ3n) is 3.33. The molecule has 118 valence electrons. The monoisotopic (exact) mass is 444 g/mol. The van der Waals surface area contributed by atoms with Crippen LogP contribution in [-0.4, -0.2) is 25.0 Å². The molecule has 24 heavy (non-hydrogen) atoms. The molecule has 0 aliphatic heterocycles. The molecule has 0 unspecified atom stereocenters. The van der Waals surface area contributed by atoms with Crippen molar-refractivity contribution in [3.63, 3.8) is 0 Å². The average molecular weight is 444 g/mol. The van der Waals surface area contributed by atoms with Gasteiger partial charge in [-0.3, -0.25) is 10.1 Å². The number of rotatable bonds is 5. The number of nitrogens with zero attached hydrogens (tertiary/aromatic N) is 2. The zero-order valence-electron chi connectivity index (χ0n) is 13.7. The molecule has 2 aromatic carbocycles. The SMILES string of the molecule is CN(C)c1ccc(/C=C/c2ccc(C(=O)[O-])cc2[N+](=O)[O-])cc1.[Cs+]. The smallest absolute Gasteiger partial charge is 0.545 e. The van der Waals surface area contributed by atoms with Gasteiger partial charge in [0.1, 0.15) is 0 Å². The Morgan fingerprint density at radius 1 is 1.08 bits per heavy atom. The van der Waals surface area contributed by atoms with Gasteiger partial charge in [0, 0.05) is 31.4 Å². The van der Waals surface area contributed by atoms with E-state index in [1.807, 2.05) is 43.3 Å². The molecular weight excluding hydrogens is 429 g/mol. The van der Waals surface area contributed by atoms with Crippen LogP contribution in [-0.2, 0) is 0 Å². The Morgan fingerprint density at radius 2 is 1.71 bits per heavy atom. The van der Waals surface area contributed by atoms with E-state index in [-0.39, 0.29) is 80.1 Å². The first kappa shape index (κ1) is 20.9. The molecule has 0 aliphatic rings. The van der Waals surface area contributed by atoms with Gasteiger partial charge in [-0.15, -0.1) is 0 Å². The first-order valence-corrected chi connectivity index (χ1v) is 6.84. The Kier molecular flexibility index (Phi) is 8.21. The van der Waals surface area contributed by atoms with E-state index in [0.717, 1.165) is 17.3 Å². The maximum atomic E-state index is 11.1. The Bertz CT molecular complexity index is 771. The van der Waals surface area contributed by atoms with Crippen LogP contribution in [0.4, 0.5) is 11.4 Å². The molecule has 0 radical (unpaired) electrons. The van der Waals surface area contributed by atoms with E-state index < -0.39 is 10.9 Å². The van der Waals surface area contributed by atoms with Gasteiger partial charge in [-0.2, -0.15) is 0 Å². The molecule has 2 rings (SSSR count). The van der Waals surface area contributed by atoms with Crippen LogP contribution in [0.15, 0.2) is 42.5 Å². The zero-order chi connectivity index (χ0) is 17.0. The standard InChI is InChI=1S/C17H16N2O4.Cs/c1-18(2)15-9-4-12(5-10-15)3-6-13-7-8-14(17(20)21)11-16(13)19(22)23;/h3-11H,1-2H3,(H,20,21);/q;+1/p-1/b6-3+;. The van der Waals surface area contributed by atoms with Crippen LogP contribution in [0.5, 0.6) is 0 Å².